The lowest BCUT2D eigenvalue weighted by atomic mass is 9.89. The van der Waals surface area contributed by atoms with Crippen LogP contribution in [0.4, 0.5) is 5.69 Å². The predicted molar refractivity (Wildman–Crippen MR) is 129 cm³/mol. The number of carboxylic acid groups (broad SMARTS) is 1. The van der Waals surface area contributed by atoms with Gasteiger partial charge >= 0.3 is 5.97 Å². The van der Waals surface area contributed by atoms with Gasteiger partial charge in [-0.1, -0.05) is 18.7 Å². The number of anilines is 1. The quantitative estimate of drug-likeness (QED) is 0.368. The number of hydrogen-bond donors (Lipinski definition) is 2. The molecule has 8 nitrogen and oxygen atoms in total. The van der Waals surface area contributed by atoms with Gasteiger partial charge in [-0.2, -0.15) is 0 Å². The van der Waals surface area contributed by atoms with Gasteiger partial charge in [-0.05, 0) is 37.7 Å². The summed E-state index contributed by atoms with van der Waals surface area (Å²) in [6, 6.07) is 2.79. The van der Waals surface area contributed by atoms with E-state index in [4.69, 9.17) is 9.47 Å². The van der Waals surface area contributed by atoms with Gasteiger partial charge in [-0.15, -0.1) is 11.3 Å². The van der Waals surface area contributed by atoms with Crippen LogP contribution in [0.25, 0.3) is 10.2 Å². The van der Waals surface area contributed by atoms with Crippen LogP contribution in [-0.4, -0.2) is 46.9 Å². The average molecular weight is 488 g/mol. The zero-order chi connectivity index (χ0) is 23.7. The van der Waals surface area contributed by atoms with Gasteiger partial charge in [0.1, 0.15) is 15.7 Å². The predicted octanol–water partition coefficient (Wildman–Crippen LogP) is 4.57. The first kappa shape index (κ1) is 23.3. The van der Waals surface area contributed by atoms with E-state index in [0.29, 0.717) is 17.5 Å². The first-order valence-corrected chi connectivity index (χ1v) is 12.3. The van der Waals surface area contributed by atoms with Crippen molar-refractivity contribution in [2.75, 3.05) is 25.3 Å². The summed E-state index contributed by atoms with van der Waals surface area (Å²) < 4.78 is 10.4. The Kier molecular flexibility index (Phi) is 6.76. The lowest BCUT2D eigenvalue weighted by molar-refractivity contribution is -0.113. The van der Waals surface area contributed by atoms with E-state index in [9.17, 15) is 14.7 Å². The SMILES string of the molecule is COc1cc(NC(=O)CSc2nc(C)nc3sc4c(c23)CC[C@@H](C)C4)c(C(=O)O)cc1OC. The number of nitrogens with zero attached hydrogens (tertiary/aromatic N) is 2. The fourth-order valence-electron chi connectivity index (χ4n) is 3.99. The van der Waals surface area contributed by atoms with Crippen molar-refractivity contribution in [2.45, 2.75) is 38.1 Å². The van der Waals surface area contributed by atoms with Crippen LogP contribution in [0, 0.1) is 12.8 Å². The van der Waals surface area contributed by atoms with Crippen LogP contribution in [-0.2, 0) is 17.6 Å². The fraction of sp³-hybridized carbons (Fsp3) is 0.391. The van der Waals surface area contributed by atoms with Gasteiger partial charge < -0.3 is 19.9 Å². The molecule has 174 valence electrons. The molecule has 4 rings (SSSR count). The van der Waals surface area contributed by atoms with E-state index < -0.39 is 5.97 Å². The topological polar surface area (TPSA) is 111 Å². The maximum absolute atomic E-state index is 12.8. The van der Waals surface area contributed by atoms with Crippen LogP contribution in [0.2, 0.25) is 0 Å². The minimum absolute atomic E-state index is 0.0766. The number of fused-ring (bicyclic) bond motifs is 3. The van der Waals surface area contributed by atoms with E-state index in [1.165, 1.54) is 48.6 Å². The highest BCUT2D eigenvalue weighted by molar-refractivity contribution is 8.00. The zero-order valence-corrected chi connectivity index (χ0v) is 20.5. The largest absolute Gasteiger partial charge is 0.493 e. The summed E-state index contributed by atoms with van der Waals surface area (Å²) in [5, 5.41) is 14.1. The Morgan fingerprint density at radius 1 is 1.24 bits per heavy atom. The van der Waals surface area contributed by atoms with Crippen molar-refractivity contribution >= 4 is 50.9 Å². The Balaban J connectivity index is 1.57. The minimum atomic E-state index is -1.17. The van der Waals surface area contributed by atoms with Crippen molar-refractivity contribution in [2.24, 2.45) is 5.92 Å². The third-order valence-electron chi connectivity index (χ3n) is 5.60. The molecule has 3 aromatic rings. The highest BCUT2D eigenvalue weighted by atomic mass is 32.2. The summed E-state index contributed by atoms with van der Waals surface area (Å²) >= 11 is 3.07. The Bertz CT molecular complexity index is 1240. The Morgan fingerprint density at radius 2 is 1.97 bits per heavy atom. The molecule has 0 saturated heterocycles. The van der Waals surface area contributed by atoms with Gasteiger partial charge in [0.05, 0.1) is 31.2 Å². The molecule has 1 aromatic carbocycles. The number of amides is 1. The molecule has 0 fully saturated rings. The number of aryl methyl sites for hydroxylation is 2. The maximum atomic E-state index is 12.8. The van der Waals surface area contributed by atoms with E-state index >= 15 is 0 Å². The number of carbonyl (C=O) groups is 2. The number of nitrogens with one attached hydrogen (secondary N) is 1. The van der Waals surface area contributed by atoms with E-state index in [1.54, 1.807) is 11.3 Å². The Labute approximate surface area is 199 Å². The highest BCUT2D eigenvalue weighted by Gasteiger charge is 2.24. The van der Waals surface area contributed by atoms with Crippen molar-refractivity contribution in [1.82, 2.24) is 9.97 Å². The third kappa shape index (κ3) is 4.77. The fourth-order valence-corrected chi connectivity index (χ4v) is 6.39. The average Bonchev–Trinajstić information content (AvgIpc) is 3.13. The van der Waals surface area contributed by atoms with Crippen LogP contribution in [0.3, 0.4) is 0 Å². The number of thiophene rings is 1. The Morgan fingerprint density at radius 3 is 2.67 bits per heavy atom. The molecule has 33 heavy (non-hydrogen) atoms. The van der Waals surface area contributed by atoms with Gasteiger partial charge in [0.2, 0.25) is 5.91 Å². The number of carboxylic acids is 1. The molecular formula is C23H25N3O5S2. The van der Waals surface area contributed by atoms with Gasteiger partial charge in [0, 0.05) is 22.4 Å². The molecule has 1 aliphatic carbocycles. The smallest absolute Gasteiger partial charge is 0.337 e. The second-order valence-corrected chi connectivity index (χ2v) is 10.1. The molecule has 2 aromatic heterocycles. The van der Waals surface area contributed by atoms with Gasteiger partial charge in [-0.25, -0.2) is 14.8 Å². The number of benzene rings is 1. The summed E-state index contributed by atoms with van der Waals surface area (Å²) in [5.74, 6) is 0.509. The standard InChI is InChI=1S/C23H25N3O5S2/c1-11-5-6-13-18(7-11)33-22-20(13)21(24-12(2)25-22)32-10-19(27)26-15-9-17(31-4)16(30-3)8-14(15)23(28)29/h8-9,11H,5-7,10H2,1-4H3,(H,26,27)(H,28,29)/t11-/m1/s1. The summed E-state index contributed by atoms with van der Waals surface area (Å²) in [6.45, 7) is 4.12. The number of aromatic carboxylic acids is 1. The minimum Gasteiger partial charge on any atom is -0.493 e. The number of aromatic nitrogens is 2. The molecule has 1 atom stereocenters. The normalized spacial score (nSPS) is 15.2. The lowest BCUT2D eigenvalue weighted by Crippen LogP contribution is -2.17. The Hall–Kier alpha value is -2.85. The first-order chi connectivity index (χ1) is 15.8. The molecule has 0 radical (unpaired) electrons. The monoisotopic (exact) mass is 487 g/mol. The van der Waals surface area contributed by atoms with Crippen LogP contribution in [0.5, 0.6) is 11.5 Å². The molecule has 2 N–H and O–H groups in total. The van der Waals surface area contributed by atoms with Crippen molar-refractivity contribution in [3.8, 4) is 11.5 Å². The van der Waals surface area contributed by atoms with E-state index in [2.05, 4.69) is 22.2 Å². The second kappa shape index (κ2) is 9.56. The zero-order valence-electron chi connectivity index (χ0n) is 18.9. The van der Waals surface area contributed by atoms with Crippen LogP contribution in [0.15, 0.2) is 17.2 Å². The summed E-state index contributed by atoms with van der Waals surface area (Å²) in [7, 11) is 2.87. The van der Waals surface area contributed by atoms with E-state index in [1.807, 2.05) is 6.92 Å². The molecule has 1 aliphatic rings. The van der Waals surface area contributed by atoms with Crippen LogP contribution < -0.4 is 14.8 Å². The molecule has 0 spiro atoms. The summed E-state index contributed by atoms with van der Waals surface area (Å²) in [6.07, 6.45) is 3.18. The first-order valence-electron chi connectivity index (χ1n) is 10.5. The summed E-state index contributed by atoms with van der Waals surface area (Å²) in [5.41, 5.74) is 1.38. The van der Waals surface area contributed by atoms with Crippen molar-refractivity contribution in [1.29, 1.82) is 0 Å². The van der Waals surface area contributed by atoms with Gasteiger partial charge in [0.15, 0.2) is 11.5 Å². The van der Waals surface area contributed by atoms with Crippen LogP contribution in [0.1, 0.15) is 40.0 Å². The third-order valence-corrected chi connectivity index (χ3v) is 7.73. The number of carbonyl (C=O) groups excluding carboxylic acids is 1. The maximum Gasteiger partial charge on any atom is 0.337 e. The lowest BCUT2D eigenvalue weighted by Gasteiger charge is -2.18. The molecular weight excluding hydrogens is 462 g/mol. The second-order valence-electron chi connectivity index (χ2n) is 8.00. The molecule has 0 unspecified atom stereocenters. The van der Waals surface area contributed by atoms with E-state index in [-0.39, 0.29) is 28.7 Å². The number of rotatable bonds is 7. The van der Waals surface area contributed by atoms with E-state index in [0.717, 1.165) is 34.5 Å². The van der Waals surface area contributed by atoms with Gasteiger partial charge in [-0.3, -0.25) is 4.79 Å². The van der Waals surface area contributed by atoms with Crippen molar-refractivity contribution < 1.29 is 24.2 Å². The molecule has 0 bridgehead atoms. The van der Waals surface area contributed by atoms with Gasteiger partial charge in [0.25, 0.3) is 0 Å². The van der Waals surface area contributed by atoms with Crippen LogP contribution >= 0.6 is 23.1 Å². The molecule has 10 heteroatoms. The van der Waals surface area contributed by atoms with Crippen molar-refractivity contribution in [3.05, 3.63) is 34.0 Å². The number of methoxy groups -OCH3 is 2. The molecule has 1 amide bonds. The number of hydrogen-bond acceptors (Lipinski definition) is 8. The highest BCUT2D eigenvalue weighted by Crippen LogP contribution is 2.41. The molecule has 0 saturated carbocycles. The van der Waals surface area contributed by atoms with Crippen molar-refractivity contribution in [3.63, 3.8) is 0 Å². The number of thioether (sulfide) groups is 1. The number of ether oxygens (including phenoxy) is 2. The summed E-state index contributed by atoms with van der Waals surface area (Å²) in [4.78, 5) is 36.1. The molecule has 2 heterocycles. The molecule has 0 aliphatic heterocycles.